The minimum Gasteiger partial charge on any atom is -0.354 e. The van der Waals surface area contributed by atoms with Crippen LogP contribution in [0.25, 0.3) is 11.5 Å². The second kappa shape index (κ2) is 7.13. The van der Waals surface area contributed by atoms with E-state index in [4.69, 9.17) is 4.52 Å². The first-order valence-corrected chi connectivity index (χ1v) is 11.0. The monoisotopic (exact) mass is 403 g/mol. The van der Waals surface area contributed by atoms with Crippen LogP contribution in [0.3, 0.4) is 0 Å². The maximum atomic E-state index is 5.66. The summed E-state index contributed by atoms with van der Waals surface area (Å²) in [6.07, 6.45) is 2.10. The summed E-state index contributed by atoms with van der Waals surface area (Å²) in [6.45, 7) is 15.5. The van der Waals surface area contributed by atoms with Crippen molar-refractivity contribution >= 4 is 23.1 Å². The zero-order valence-corrected chi connectivity index (χ0v) is 18.9. The van der Waals surface area contributed by atoms with Crippen molar-refractivity contribution in [3.63, 3.8) is 0 Å². The van der Waals surface area contributed by atoms with Gasteiger partial charge in [0.25, 0.3) is 0 Å². The maximum Gasteiger partial charge on any atom is 0.186 e. The fourth-order valence-corrected chi connectivity index (χ4v) is 4.64. The summed E-state index contributed by atoms with van der Waals surface area (Å²) in [4.78, 5) is 0. The number of hydrogen-bond donors (Lipinski definition) is 0. The number of aromatic nitrogens is 3. The minimum atomic E-state index is -0.0367. The highest BCUT2D eigenvalue weighted by molar-refractivity contribution is 7.04. The molecule has 3 aromatic heterocycles. The van der Waals surface area contributed by atoms with Crippen LogP contribution in [-0.2, 0) is 16.2 Å². The van der Waals surface area contributed by atoms with Crippen LogP contribution in [0.1, 0.15) is 78.3 Å². The molecule has 0 radical (unpaired) electrons. The van der Waals surface area contributed by atoms with Gasteiger partial charge in [-0.25, -0.2) is 0 Å². The van der Waals surface area contributed by atoms with E-state index in [1.807, 2.05) is 6.07 Å². The van der Waals surface area contributed by atoms with E-state index in [0.29, 0.717) is 0 Å². The van der Waals surface area contributed by atoms with Crippen LogP contribution in [0.15, 0.2) is 27.4 Å². The molecule has 3 rings (SSSR count). The van der Waals surface area contributed by atoms with Gasteiger partial charge in [-0.2, -0.15) is 8.75 Å². The molecule has 0 aromatic carbocycles. The van der Waals surface area contributed by atoms with Crippen LogP contribution >= 0.6 is 23.1 Å². The van der Waals surface area contributed by atoms with E-state index in [9.17, 15) is 0 Å². The molecule has 0 atom stereocenters. The molecule has 0 N–H and O–H groups in total. The van der Waals surface area contributed by atoms with Crippen LogP contribution in [0.2, 0.25) is 0 Å². The Bertz CT molecular complexity index is 883. The van der Waals surface area contributed by atoms with Gasteiger partial charge in [-0.1, -0.05) is 53.6 Å². The third-order valence-electron chi connectivity index (χ3n) is 5.32. The molecule has 0 aliphatic rings. The SMILES string of the molecule is CC(C)(C)c1cc(-c2nscc2C(C)(C)CCC(C)(C)c2ccsn2)on1. The van der Waals surface area contributed by atoms with E-state index in [0.717, 1.165) is 30.0 Å². The molecule has 6 heteroatoms. The van der Waals surface area contributed by atoms with Gasteiger partial charge in [0.15, 0.2) is 5.76 Å². The smallest absolute Gasteiger partial charge is 0.186 e. The first kappa shape index (κ1) is 20.2. The predicted octanol–water partition coefficient (Wildman–Crippen LogP) is 6.59. The molecule has 0 saturated carbocycles. The predicted molar refractivity (Wildman–Crippen MR) is 114 cm³/mol. The Morgan fingerprint density at radius 3 is 2.19 bits per heavy atom. The third-order valence-corrected chi connectivity index (χ3v) is 6.51. The van der Waals surface area contributed by atoms with E-state index >= 15 is 0 Å². The lowest BCUT2D eigenvalue weighted by Gasteiger charge is -2.30. The van der Waals surface area contributed by atoms with Gasteiger partial charge in [0.1, 0.15) is 5.69 Å². The Labute approximate surface area is 170 Å². The van der Waals surface area contributed by atoms with Crippen LogP contribution in [0.4, 0.5) is 0 Å². The Balaban J connectivity index is 1.82. The van der Waals surface area contributed by atoms with Gasteiger partial charge in [0.2, 0.25) is 0 Å². The quantitative estimate of drug-likeness (QED) is 0.466. The largest absolute Gasteiger partial charge is 0.354 e. The number of hydrogen-bond acceptors (Lipinski definition) is 6. The van der Waals surface area contributed by atoms with Crippen LogP contribution in [0, 0.1) is 0 Å². The van der Waals surface area contributed by atoms with E-state index in [-0.39, 0.29) is 16.2 Å². The van der Waals surface area contributed by atoms with Gasteiger partial charge in [-0.3, -0.25) is 0 Å². The highest BCUT2D eigenvalue weighted by atomic mass is 32.1. The Morgan fingerprint density at radius 2 is 1.59 bits per heavy atom. The van der Waals surface area contributed by atoms with Gasteiger partial charge in [-0.05, 0) is 53.0 Å². The summed E-state index contributed by atoms with van der Waals surface area (Å²) in [7, 11) is 0. The molecule has 0 amide bonds. The molecule has 0 spiro atoms. The van der Waals surface area contributed by atoms with E-state index < -0.39 is 0 Å². The van der Waals surface area contributed by atoms with Crippen molar-refractivity contribution in [2.75, 3.05) is 0 Å². The molecule has 0 aliphatic heterocycles. The number of rotatable bonds is 6. The summed E-state index contributed by atoms with van der Waals surface area (Å²) in [6, 6.07) is 4.17. The van der Waals surface area contributed by atoms with Crippen LogP contribution < -0.4 is 0 Å². The van der Waals surface area contributed by atoms with Gasteiger partial charge in [0, 0.05) is 27.7 Å². The molecule has 0 unspecified atom stereocenters. The van der Waals surface area contributed by atoms with Crippen molar-refractivity contribution in [1.82, 2.24) is 13.9 Å². The van der Waals surface area contributed by atoms with Gasteiger partial charge < -0.3 is 4.52 Å². The molecule has 3 aromatic rings. The van der Waals surface area contributed by atoms with Crippen molar-refractivity contribution in [2.24, 2.45) is 0 Å². The molecule has 0 saturated heterocycles. The number of nitrogens with zero attached hydrogens (tertiary/aromatic N) is 3. The van der Waals surface area contributed by atoms with Crippen molar-refractivity contribution in [1.29, 1.82) is 0 Å². The topological polar surface area (TPSA) is 51.8 Å². The molecule has 27 heavy (non-hydrogen) atoms. The molecule has 0 aliphatic carbocycles. The average molecular weight is 404 g/mol. The zero-order chi connectivity index (χ0) is 19.9. The summed E-state index contributed by atoms with van der Waals surface area (Å²) >= 11 is 3.01. The molecule has 4 nitrogen and oxygen atoms in total. The Kier molecular flexibility index (Phi) is 5.34. The normalized spacial score (nSPS) is 13.3. The van der Waals surface area contributed by atoms with E-state index in [1.165, 1.54) is 34.3 Å². The maximum absolute atomic E-state index is 5.66. The first-order valence-electron chi connectivity index (χ1n) is 9.34. The lowest BCUT2D eigenvalue weighted by Crippen LogP contribution is -2.24. The van der Waals surface area contributed by atoms with Gasteiger partial charge in [-0.15, -0.1) is 0 Å². The van der Waals surface area contributed by atoms with Crippen LogP contribution in [-0.4, -0.2) is 13.9 Å². The molecule has 0 bridgehead atoms. The van der Waals surface area contributed by atoms with Crippen molar-refractivity contribution < 1.29 is 4.52 Å². The standard InChI is InChI=1S/C21H29N3OS2/c1-19(2,3)17-12-15(25-22-17)18-14(13-27-24-18)20(4,5)9-10-21(6,7)16-8-11-26-23-16/h8,11-13H,9-10H2,1-7H3. The summed E-state index contributed by atoms with van der Waals surface area (Å²) in [5.74, 6) is 0.767. The van der Waals surface area contributed by atoms with Crippen molar-refractivity contribution in [3.8, 4) is 11.5 Å². The highest BCUT2D eigenvalue weighted by Gasteiger charge is 2.32. The van der Waals surface area contributed by atoms with Crippen molar-refractivity contribution in [3.05, 3.63) is 39.8 Å². The highest BCUT2D eigenvalue weighted by Crippen LogP contribution is 2.40. The molecule has 0 fully saturated rings. The second-order valence-electron chi connectivity index (χ2n) is 9.56. The lowest BCUT2D eigenvalue weighted by molar-refractivity contribution is 0.369. The van der Waals surface area contributed by atoms with E-state index in [1.54, 1.807) is 0 Å². The minimum absolute atomic E-state index is 0.00961. The lowest BCUT2D eigenvalue weighted by atomic mass is 9.74. The van der Waals surface area contributed by atoms with Crippen molar-refractivity contribution in [2.45, 2.75) is 77.6 Å². The zero-order valence-electron chi connectivity index (χ0n) is 17.3. The first-order chi connectivity index (χ1) is 12.5. The summed E-state index contributed by atoms with van der Waals surface area (Å²) in [5.41, 5.74) is 4.32. The third kappa shape index (κ3) is 4.32. The molecular weight excluding hydrogens is 374 g/mol. The van der Waals surface area contributed by atoms with E-state index in [2.05, 4.69) is 79.2 Å². The van der Waals surface area contributed by atoms with Crippen LogP contribution in [0.5, 0.6) is 0 Å². The summed E-state index contributed by atoms with van der Waals surface area (Å²) < 4.78 is 14.9. The fraction of sp³-hybridized carbons (Fsp3) is 0.571. The molecule has 3 heterocycles. The Hall–Kier alpha value is -1.53. The second-order valence-corrected chi connectivity index (χ2v) is 10.9. The fourth-order valence-electron chi connectivity index (χ4n) is 3.08. The van der Waals surface area contributed by atoms with Gasteiger partial charge >= 0.3 is 0 Å². The average Bonchev–Trinajstić information content (AvgIpc) is 3.32. The summed E-state index contributed by atoms with van der Waals surface area (Å²) in [5, 5.41) is 8.48. The van der Waals surface area contributed by atoms with Gasteiger partial charge in [0.05, 0.1) is 11.4 Å². The Morgan fingerprint density at radius 1 is 0.889 bits per heavy atom. The molecular formula is C21H29N3OS2. The molecule has 146 valence electrons.